The van der Waals surface area contributed by atoms with Gasteiger partial charge in [-0.1, -0.05) is 5.16 Å². The SMILES string of the molecule is O=C(O)/C=C/c1nc(C(F)F)no1. The average molecular weight is 190 g/mol. The first kappa shape index (κ1) is 9.30. The summed E-state index contributed by atoms with van der Waals surface area (Å²) in [4.78, 5) is 13.2. The first-order valence-electron chi connectivity index (χ1n) is 3.12. The highest BCUT2D eigenvalue weighted by Gasteiger charge is 2.14. The minimum Gasteiger partial charge on any atom is -0.478 e. The molecule has 0 saturated heterocycles. The Morgan fingerprint density at radius 1 is 1.62 bits per heavy atom. The summed E-state index contributed by atoms with van der Waals surface area (Å²) in [5, 5.41) is 11.1. The first-order chi connectivity index (χ1) is 6.09. The standard InChI is InChI=1S/C6H4F2N2O3/c7-5(8)6-9-3(13-10-6)1-2-4(11)12/h1-2,5H,(H,11,12)/b2-1+. The average Bonchev–Trinajstić information content (AvgIpc) is 2.48. The Morgan fingerprint density at radius 2 is 2.31 bits per heavy atom. The fourth-order valence-corrected chi connectivity index (χ4v) is 0.546. The number of hydrogen-bond donors (Lipinski definition) is 1. The van der Waals surface area contributed by atoms with Gasteiger partial charge in [0.2, 0.25) is 5.82 Å². The third-order valence-corrected chi connectivity index (χ3v) is 1.02. The van der Waals surface area contributed by atoms with Gasteiger partial charge in [0.25, 0.3) is 5.89 Å². The maximum atomic E-state index is 11.9. The number of nitrogens with zero attached hydrogens (tertiary/aromatic N) is 2. The van der Waals surface area contributed by atoms with E-state index in [0.29, 0.717) is 6.08 Å². The highest BCUT2D eigenvalue weighted by molar-refractivity contribution is 5.84. The Bertz CT molecular complexity index is 334. The summed E-state index contributed by atoms with van der Waals surface area (Å²) in [6.45, 7) is 0. The quantitative estimate of drug-likeness (QED) is 0.722. The molecule has 13 heavy (non-hydrogen) atoms. The third kappa shape index (κ3) is 2.62. The molecule has 1 aromatic rings. The lowest BCUT2D eigenvalue weighted by atomic mass is 10.5. The molecular formula is C6H4F2N2O3. The van der Waals surface area contributed by atoms with Gasteiger partial charge in [-0.3, -0.25) is 0 Å². The predicted octanol–water partition coefficient (Wildman–Crippen LogP) is 1.10. The van der Waals surface area contributed by atoms with Crippen molar-refractivity contribution in [2.75, 3.05) is 0 Å². The van der Waals surface area contributed by atoms with E-state index < -0.39 is 18.2 Å². The van der Waals surface area contributed by atoms with Crippen molar-refractivity contribution in [2.24, 2.45) is 0 Å². The van der Waals surface area contributed by atoms with Crippen molar-refractivity contribution >= 4 is 12.0 Å². The fourth-order valence-electron chi connectivity index (χ4n) is 0.546. The van der Waals surface area contributed by atoms with Gasteiger partial charge in [0.15, 0.2) is 0 Å². The van der Waals surface area contributed by atoms with E-state index in [1.807, 2.05) is 0 Å². The normalized spacial score (nSPS) is 11.3. The Morgan fingerprint density at radius 3 is 2.77 bits per heavy atom. The molecular weight excluding hydrogens is 186 g/mol. The highest BCUT2D eigenvalue weighted by Crippen LogP contribution is 2.14. The molecule has 0 aliphatic rings. The van der Waals surface area contributed by atoms with Crippen LogP contribution in [0.3, 0.4) is 0 Å². The molecule has 0 aliphatic carbocycles. The van der Waals surface area contributed by atoms with Crippen LogP contribution in [0.15, 0.2) is 10.6 Å². The van der Waals surface area contributed by atoms with Crippen LogP contribution in [0.1, 0.15) is 18.1 Å². The van der Waals surface area contributed by atoms with E-state index in [-0.39, 0.29) is 5.89 Å². The second-order valence-electron chi connectivity index (χ2n) is 1.96. The number of rotatable bonds is 3. The summed E-state index contributed by atoms with van der Waals surface area (Å²) >= 11 is 0. The van der Waals surface area contributed by atoms with E-state index in [0.717, 1.165) is 6.08 Å². The molecule has 1 aromatic heterocycles. The van der Waals surface area contributed by atoms with Crippen molar-refractivity contribution in [3.05, 3.63) is 17.8 Å². The molecule has 1 rings (SSSR count). The van der Waals surface area contributed by atoms with Crippen LogP contribution in [-0.2, 0) is 4.79 Å². The molecule has 0 unspecified atom stereocenters. The van der Waals surface area contributed by atoms with Crippen LogP contribution in [0.4, 0.5) is 8.78 Å². The van der Waals surface area contributed by atoms with Crippen LogP contribution in [0.5, 0.6) is 0 Å². The largest absolute Gasteiger partial charge is 0.478 e. The highest BCUT2D eigenvalue weighted by atomic mass is 19.3. The van der Waals surface area contributed by atoms with Crippen molar-refractivity contribution in [2.45, 2.75) is 6.43 Å². The molecule has 0 atom stereocenters. The molecule has 1 N–H and O–H groups in total. The van der Waals surface area contributed by atoms with Crippen molar-refractivity contribution < 1.29 is 23.2 Å². The van der Waals surface area contributed by atoms with Gasteiger partial charge in [-0.2, -0.15) is 4.98 Å². The van der Waals surface area contributed by atoms with E-state index in [2.05, 4.69) is 14.7 Å². The first-order valence-corrected chi connectivity index (χ1v) is 3.12. The van der Waals surface area contributed by atoms with E-state index in [1.54, 1.807) is 0 Å². The van der Waals surface area contributed by atoms with Crippen LogP contribution in [0, 0.1) is 0 Å². The van der Waals surface area contributed by atoms with Gasteiger partial charge in [-0.15, -0.1) is 0 Å². The number of hydrogen-bond acceptors (Lipinski definition) is 4. The topological polar surface area (TPSA) is 76.2 Å². The summed E-state index contributed by atoms with van der Waals surface area (Å²) in [5.74, 6) is -2.25. The van der Waals surface area contributed by atoms with Gasteiger partial charge < -0.3 is 9.63 Å². The zero-order valence-electron chi connectivity index (χ0n) is 6.15. The maximum absolute atomic E-state index is 11.9. The van der Waals surface area contributed by atoms with Crippen molar-refractivity contribution in [1.82, 2.24) is 10.1 Å². The third-order valence-electron chi connectivity index (χ3n) is 1.02. The molecule has 0 saturated carbocycles. The fraction of sp³-hybridized carbons (Fsp3) is 0.167. The number of aromatic nitrogens is 2. The van der Waals surface area contributed by atoms with Gasteiger partial charge in [0.1, 0.15) is 0 Å². The van der Waals surface area contributed by atoms with E-state index in [4.69, 9.17) is 5.11 Å². The molecule has 0 aromatic carbocycles. The molecule has 0 fully saturated rings. The second-order valence-corrected chi connectivity index (χ2v) is 1.96. The summed E-state index contributed by atoms with van der Waals surface area (Å²) in [7, 11) is 0. The molecule has 0 spiro atoms. The molecule has 0 bridgehead atoms. The van der Waals surface area contributed by atoms with Gasteiger partial charge in [-0.05, 0) is 0 Å². The van der Waals surface area contributed by atoms with Gasteiger partial charge in [-0.25, -0.2) is 13.6 Å². The number of halogens is 2. The Labute approximate surface area is 70.7 Å². The minimum atomic E-state index is -2.82. The summed E-state index contributed by atoms with van der Waals surface area (Å²) < 4.78 is 28.0. The van der Waals surface area contributed by atoms with Crippen LogP contribution < -0.4 is 0 Å². The summed E-state index contributed by atoms with van der Waals surface area (Å²) in [5.41, 5.74) is 0. The van der Waals surface area contributed by atoms with Crippen LogP contribution in [0.25, 0.3) is 6.08 Å². The summed E-state index contributed by atoms with van der Waals surface area (Å²) in [6, 6.07) is 0. The van der Waals surface area contributed by atoms with Crippen LogP contribution in [-0.4, -0.2) is 21.2 Å². The number of alkyl halides is 2. The van der Waals surface area contributed by atoms with Crippen molar-refractivity contribution in [3.63, 3.8) is 0 Å². The van der Waals surface area contributed by atoms with E-state index >= 15 is 0 Å². The lowest BCUT2D eigenvalue weighted by Gasteiger charge is -1.83. The van der Waals surface area contributed by atoms with Crippen LogP contribution >= 0.6 is 0 Å². The van der Waals surface area contributed by atoms with Gasteiger partial charge in [0.05, 0.1) is 0 Å². The molecule has 7 heteroatoms. The number of carbonyl (C=O) groups is 1. The molecule has 0 aliphatic heterocycles. The summed E-state index contributed by atoms with van der Waals surface area (Å²) in [6.07, 6.45) is -1.18. The Hall–Kier alpha value is -1.79. The second kappa shape index (κ2) is 3.74. The zero-order chi connectivity index (χ0) is 9.84. The Balaban J connectivity index is 2.75. The van der Waals surface area contributed by atoms with E-state index in [1.165, 1.54) is 0 Å². The van der Waals surface area contributed by atoms with Crippen molar-refractivity contribution in [1.29, 1.82) is 0 Å². The van der Waals surface area contributed by atoms with Crippen LogP contribution in [0.2, 0.25) is 0 Å². The number of carboxylic acids is 1. The van der Waals surface area contributed by atoms with Gasteiger partial charge >= 0.3 is 12.4 Å². The van der Waals surface area contributed by atoms with E-state index in [9.17, 15) is 13.6 Å². The Kier molecular flexibility index (Phi) is 2.68. The lowest BCUT2D eigenvalue weighted by molar-refractivity contribution is -0.131. The molecule has 1 heterocycles. The predicted molar refractivity (Wildman–Crippen MR) is 35.9 cm³/mol. The number of carboxylic acid groups (broad SMARTS) is 1. The zero-order valence-corrected chi connectivity index (χ0v) is 6.15. The smallest absolute Gasteiger partial charge is 0.328 e. The number of aliphatic carboxylic acids is 1. The molecule has 5 nitrogen and oxygen atoms in total. The monoisotopic (exact) mass is 190 g/mol. The molecule has 0 amide bonds. The van der Waals surface area contributed by atoms with Crippen molar-refractivity contribution in [3.8, 4) is 0 Å². The lowest BCUT2D eigenvalue weighted by Crippen LogP contribution is -1.87. The minimum absolute atomic E-state index is 0.266. The molecule has 0 radical (unpaired) electrons. The maximum Gasteiger partial charge on any atom is 0.328 e. The molecule has 70 valence electrons. The van der Waals surface area contributed by atoms with Gasteiger partial charge in [0, 0.05) is 12.2 Å².